The molecule has 0 N–H and O–H groups in total. The van der Waals surface area contributed by atoms with Gasteiger partial charge in [-0.05, 0) is 24.3 Å². The van der Waals surface area contributed by atoms with E-state index in [1.165, 1.54) is 6.08 Å². The standard InChI is InChI=1S/C9H11NO/c1-4-9(10-11)7-5-6-8(2)3/h4-7H,1-2H2,3H3/b6-5-,9-7+. The third-order valence-corrected chi connectivity index (χ3v) is 0.962. The zero-order valence-corrected chi connectivity index (χ0v) is 6.58. The van der Waals surface area contributed by atoms with E-state index in [1.807, 2.05) is 6.92 Å². The molecule has 0 aromatic heterocycles. The van der Waals surface area contributed by atoms with Crippen LogP contribution in [-0.2, 0) is 0 Å². The van der Waals surface area contributed by atoms with E-state index < -0.39 is 0 Å². The molecule has 0 radical (unpaired) electrons. The van der Waals surface area contributed by atoms with Crippen molar-refractivity contribution in [1.29, 1.82) is 0 Å². The monoisotopic (exact) mass is 149 g/mol. The summed E-state index contributed by atoms with van der Waals surface area (Å²) in [6.07, 6.45) is 6.47. The Labute approximate surface area is 66.6 Å². The number of hydrogen-bond acceptors (Lipinski definition) is 2. The Morgan fingerprint density at radius 2 is 2.18 bits per heavy atom. The molecule has 2 heteroatoms. The van der Waals surface area contributed by atoms with Gasteiger partial charge in [0.2, 0.25) is 0 Å². The fourth-order valence-corrected chi connectivity index (χ4v) is 0.447. The highest BCUT2D eigenvalue weighted by molar-refractivity contribution is 5.24. The molecule has 2 nitrogen and oxygen atoms in total. The van der Waals surface area contributed by atoms with Gasteiger partial charge in [0, 0.05) is 0 Å². The molecular formula is C9H11NO. The van der Waals surface area contributed by atoms with Gasteiger partial charge in [0.1, 0.15) is 5.70 Å². The Bertz CT molecular complexity index is 214. The molecule has 0 aliphatic carbocycles. The van der Waals surface area contributed by atoms with Gasteiger partial charge in [-0.3, -0.25) is 0 Å². The Kier molecular flexibility index (Phi) is 4.65. The number of nitroso groups, excluding NO2 is 1. The number of allylic oxidation sites excluding steroid dienone is 5. The summed E-state index contributed by atoms with van der Waals surface area (Å²) >= 11 is 0. The third kappa shape index (κ3) is 5.03. The van der Waals surface area contributed by atoms with Crippen molar-refractivity contribution in [2.24, 2.45) is 5.18 Å². The van der Waals surface area contributed by atoms with Crippen LogP contribution in [0.1, 0.15) is 6.92 Å². The Hall–Kier alpha value is -1.44. The van der Waals surface area contributed by atoms with Gasteiger partial charge in [-0.25, -0.2) is 0 Å². The van der Waals surface area contributed by atoms with Crippen molar-refractivity contribution in [3.63, 3.8) is 0 Å². The van der Waals surface area contributed by atoms with Gasteiger partial charge in [-0.15, -0.1) is 4.91 Å². The molecule has 0 spiro atoms. The molecule has 0 unspecified atom stereocenters. The average molecular weight is 149 g/mol. The summed E-state index contributed by atoms with van der Waals surface area (Å²) in [5.74, 6) is 0. The fraction of sp³-hybridized carbons (Fsp3) is 0.111. The quantitative estimate of drug-likeness (QED) is 0.446. The molecule has 0 aliphatic rings. The van der Waals surface area contributed by atoms with Crippen molar-refractivity contribution in [3.05, 3.63) is 53.6 Å². The van der Waals surface area contributed by atoms with Gasteiger partial charge in [0.25, 0.3) is 0 Å². The van der Waals surface area contributed by atoms with Crippen LogP contribution < -0.4 is 0 Å². The summed E-state index contributed by atoms with van der Waals surface area (Å²) in [7, 11) is 0. The van der Waals surface area contributed by atoms with E-state index >= 15 is 0 Å². The minimum atomic E-state index is 0.322. The summed E-state index contributed by atoms with van der Waals surface area (Å²) in [5, 5.41) is 2.72. The molecule has 0 aromatic rings. The van der Waals surface area contributed by atoms with E-state index in [0.717, 1.165) is 5.57 Å². The maximum atomic E-state index is 9.97. The van der Waals surface area contributed by atoms with E-state index in [1.54, 1.807) is 18.2 Å². The van der Waals surface area contributed by atoms with Gasteiger partial charge < -0.3 is 0 Å². The van der Waals surface area contributed by atoms with Crippen LogP contribution in [0.2, 0.25) is 0 Å². The van der Waals surface area contributed by atoms with E-state index in [0.29, 0.717) is 5.70 Å². The van der Waals surface area contributed by atoms with Crippen LogP contribution in [0.5, 0.6) is 0 Å². The number of hydrogen-bond donors (Lipinski definition) is 0. The molecule has 0 saturated heterocycles. The normalized spacial score (nSPS) is 11.5. The lowest BCUT2D eigenvalue weighted by Gasteiger charge is -1.83. The van der Waals surface area contributed by atoms with Crippen molar-refractivity contribution < 1.29 is 0 Å². The summed E-state index contributed by atoms with van der Waals surface area (Å²) in [5.41, 5.74) is 1.25. The topological polar surface area (TPSA) is 29.4 Å². The maximum absolute atomic E-state index is 9.97. The van der Waals surface area contributed by atoms with Gasteiger partial charge in [0.05, 0.1) is 0 Å². The van der Waals surface area contributed by atoms with Crippen LogP contribution in [0, 0.1) is 4.91 Å². The van der Waals surface area contributed by atoms with Crippen LogP contribution in [0.4, 0.5) is 0 Å². The molecule has 0 saturated carbocycles. The molecule has 0 rings (SSSR count). The molecule has 0 atom stereocenters. The highest BCUT2D eigenvalue weighted by atomic mass is 16.3. The molecule has 0 bridgehead atoms. The lowest BCUT2D eigenvalue weighted by Crippen LogP contribution is -1.66. The second-order valence-corrected chi connectivity index (χ2v) is 2.09. The third-order valence-electron chi connectivity index (χ3n) is 0.962. The smallest absolute Gasteiger partial charge is 0.107 e. The molecular weight excluding hydrogens is 138 g/mol. The summed E-state index contributed by atoms with van der Waals surface area (Å²) in [6, 6.07) is 0. The van der Waals surface area contributed by atoms with Crippen LogP contribution in [-0.4, -0.2) is 0 Å². The number of rotatable bonds is 4. The van der Waals surface area contributed by atoms with Crippen molar-refractivity contribution in [2.75, 3.05) is 0 Å². The summed E-state index contributed by atoms with van der Waals surface area (Å²) < 4.78 is 0. The molecule has 0 aliphatic heterocycles. The first-order valence-corrected chi connectivity index (χ1v) is 3.20. The van der Waals surface area contributed by atoms with E-state index in [-0.39, 0.29) is 0 Å². The predicted molar refractivity (Wildman–Crippen MR) is 48.0 cm³/mol. The van der Waals surface area contributed by atoms with Crippen molar-refractivity contribution in [2.45, 2.75) is 6.92 Å². The molecule has 0 fully saturated rings. The molecule has 0 heterocycles. The number of nitrogens with zero attached hydrogens (tertiary/aromatic N) is 1. The van der Waals surface area contributed by atoms with E-state index in [9.17, 15) is 4.91 Å². The lowest BCUT2D eigenvalue weighted by molar-refractivity contribution is 1.39. The van der Waals surface area contributed by atoms with Gasteiger partial charge >= 0.3 is 0 Å². The minimum absolute atomic E-state index is 0.322. The summed E-state index contributed by atoms with van der Waals surface area (Å²) in [4.78, 5) is 9.97. The van der Waals surface area contributed by atoms with Crippen LogP contribution in [0.25, 0.3) is 0 Å². The molecule has 58 valence electrons. The van der Waals surface area contributed by atoms with Crippen molar-refractivity contribution in [3.8, 4) is 0 Å². The second-order valence-electron chi connectivity index (χ2n) is 2.09. The zero-order chi connectivity index (χ0) is 8.69. The maximum Gasteiger partial charge on any atom is 0.107 e. The molecule has 0 aromatic carbocycles. The largest absolute Gasteiger partial charge is 0.145 e. The van der Waals surface area contributed by atoms with Crippen molar-refractivity contribution in [1.82, 2.24) is 0 Å². The lowest BCUT2D eigenvalue weighted by atomic mass is 10.3. The Balaban J connectivity index is 4.19. The first-order valence-electron chi connectivity index (χ1n) is 3.20. The average Bonchev–Trinajstić information content (AvgIpc) is 1.98. The second kappa shape index (κ2) is 5.35. The van der Waals surface area contributed by atoms with Gasteiger partial charge in [-0.2, -0.15) is 0 Å². The first kappa shape index (κ1) is 9.56. The van der Waals surface area contributed by atoms with Crippen molar-refractivity contribution >= 4 is 0 Å². The molecule has 11 heavy (non-hydrogen) atoms. The SMILES string of the molecule is C=C/C(=C\C=C/C(=C)C)N=O. The van der Waals surface area contributed by atoms with Crippen LogP contribution in [0.3, 0.4) is 0 Å². The minimum Gasteiger partial charge on any atom is -0.145 e. The fourth-order valence-electron chi connectivity index (χ4n) is 0.447. The Morgan fingerprint density at radius 1 is 1.55 bits per heavy atom. The summed E-state index contributed by atoms with van der Waals surface area (Å²) in [6.45, 7) is 8.93. The predicted octanol–water partition coefficient (Wildman–Crippen LogP) is 2.96. The highest BCUT2D eigenvalue weighted by Gasteiger charge is 1.82. The first-order chi connectivity index (χ1) is 5.20. The van der Waals surface area contributed by atoms with Gasteiger partial charge in [-0.1, -0.05) is 30.9 Å². The van der Waals surface area contributed by atoms with Crippen LogP contribution >= 0.6 is 0 Å². The Morgan fingerprint density at radius 3 is 2.55 bits per heavy atom. The zero-order valence-electron chi connectivity index (χ0n) is 6.58. The van der Waals surface area contributed by atoms with E-state index in [4.69, 9.17) is 0 Å². The van der Waals surface area contributed by atoms with Crippen LogP contribution in [0.15, 0.2) is 53.9 Å². The van der Waals surface area contributed by atoms with Gasteiger partial charge in [0.15, 0.2) is 0 Å². The van der Waals surface area contributed by atoms with E-state index in [2.05, 4.69) is 18.3 Å². The highest BCUT2D eigenvalue weighted by Crippen LogP contribution is 1.98. The molecule has 0 amide bonds.